The van der Waals surface area contributed by atoms with Gasteiger partial charge in [0.2, 0.25) is 11.8 Å². The Morgan fingerprint density at radius 2 is 1.19 bits per heavy atom. The van der Waals surface area contributed by atoms with Gasteiger partial charge in [0.1, 0.15) is 34.0 Å². The summed E-state index contributed by atoms with van der Waals surface area (Å²) in [5.41, 5.74) is 3.95. The maximum absolute atomic E-state index is 13.6. The van der Waals surface area contributed by atoms with Crippen LogP contribution in [0.15, 0.2) is 100 Å². The molecule has 14 nitrogen and oxygen atoms in total. The van der Waals surface area contributed by atoms with Gasteiger partial charge in [-0.3, -0.25) is 4.79 Å². The molecule has 0 atom stereocenters. The van der Waals surface area contributed by atoms with E-state index >= 15 is 0 Å². The summed E-state index contributed by atoms with van der Waals surface area (Å²) in [5, 5.41) is 27.4. The first-order valence-corrected chi connectivity index (χ1v) is 19.1. The lowest BCUT2D eigenvalue weighted by Crippen LogP contribution is -2.46. The highest BCUT2D eigenvalue weighted by molar-refractivity contribution is 6.32. The number of fused-ring (bicyclic) bond motifs is 12. The Kier molecular flexibility index (Phi) is 8.07. The van der Waals surface area contributed by atoms with Crippen molar-refractivity contribution in [3.8, 4) is 22.3 Å². The highest BCUT2D eigenvalue weighted by atomic mass is 35.5. The molecule has 2 aliphatic heterocycles. The zero-order chi connectivity index (χ0) is 41.1. The Hall–Kier alpha value is -6.90. The van der Waals surface area contributed by atoms with Gasteiger partial charge in [-0.2, -0.15) is 0 Å². The molecule has 16 heteroatoms. The molecule has 59 heavy (non-hydrogen) atoms. The van der Waals surface area contributed by atoms with Crippen LogP contribution < -0.4 is 31.7 Å². The molecule has 0 spiro atoms. The molecule has 10 rings (SSSR count). The third-order valence-electron chi connectivity index (χ3n) is 10.8. The van der Waals surface area contributed by atoms with Crippen LogP contribution in [0, 0.1) is 0 Å². The molecule has 0 aliphatic carbocycles. The van der Waals surface area contributed by atoms with Crippen LogP contribution in [0.4, 0.5) is 23.1 Å². The maximum Gasteiger partial charge on any atom is 0.348 e. The number of hydrogen-bond acceptors (Lipinski definition) is 12. The number of nitrogens with zero attached hydrogens (tertiary/aromatic N) is 2. The van der Waals surface area contributed by atoms with Crippen LogP contribution in [-0.2, 0) is 22.7 Å². The van der Waals surface area contributed by atoms with Crippen LogP contribution in [0.2, 0.25) is 10.0 Å². The van der Waals surface area contributed by atoms with Gasteiger partial charge in [0, 0.05) is 34.5 Å². The molecule has 0 amide bonds. The molecule has 6 heterocycles. The summed E-state index contributed by atoms with van der Waals surface area (Å²) < 4.78 is 23.9. The van der Waals surface area contributed by atoms with E-state index in [0.29, 0.717) is 62.8 Å². The molecule has 2 bridgehead atoms. The number of benzene rings is 4. The van der Waals surface area contributed by atoms with Crippen molar-refractivity contribution in [2.75, 3.05) is 33.6 Å². The monoisotopic (exact) mass is 832 g/mol. The first-order chi connectivity index (χ1) is 28.2. The number of hydrogen-bond donors (Lipinski definition) is 4. The molecule has 296 valence electrons. The summed E-state index contributed by atoms with van der Waals surface area (Å²) in [6.45, 7) is 4.08. The van der Waals surface area contributed by atoms with Gasteiger partial charge in [-0.25, -0.2) is 14.4 Å². The summed E-state index contributed by atoms with van der Waals surface area (Å²) in [6.07, 6.45) is 0. The average molecular weight is 834 g/mol. The molecule has 4 N–H and O–H groups in total. The number of furan rings is 2. The quantitative estimate of drug-likeness (QED) is 0.106. The number of anilines is 4. The molecule has 0 radical (unpaired) electrons. The lowest BCUT2D eigenvalue weighted by atomic mass is 9.94. The summed E-state index contributed by atoms with van der Waals surface area (Å²) in [7, 11) is 0. The average Bonchev–Trinajstić information content (AvgIpc) is 3.77. The van der Waals surface area contributed by atoms with Crippen molar-refractivity contribution in [3.05, 3.63) is 115 Å². The molecular weight excluding hydrogens is 803 g/mol. The van der Waals surface area contributed by atoms with Crippen LogP contribution in [0.3, 0.4) is 0 Å². The van der Waals surface area contributed by atoms with Gasteiger partial charge in [0.25, 0.3) is 0 Å². The Morgan fingerprint density at radius 1 is 0.695 bits per heavy atom. The fourth-order valence-corrected chi connectivity index (χ4v) is 8.46. The van der Waals surface area contributed by atoms with Gasteiger partial charge in [-0.05, 0) is 96.8 Å². The molecule has 8 aromatic rings. The van der Waals surface area contributed by atoms with E-state index in [9.17, 15) is 29.4 Å². The second kappa shape index (κ2) is 13.1. The summed E-state index contributed by atoms with van der Waals surface area (Å²) in [6, 6.07) is 21.2. The smallest absolute Gasteiger partial charge is 0.348 e. The summed E-state index contributed by atoms with van der Waals surface area (Å²) in [4.78, 5) is 55.4. The van der Waals surface area contributed by atoms with E-state index in [1.54, 1.807) is 36.4 Å². The molecule has 2 aliphatic rings. The first-order valence-electron chi connectivity index (χ1n) is 18.4. The number of nitrogens with one attached hydrogen (secondary N) is 2. The normalized spacial score (nSPS) is 13.6. The van der Waals surface area contributed by atoms with E-state index in [1.165, 1.54) is 13.8 Å². The van der Waals surface area contributed by atoms with Crippen molar-refractivity contribution in [2.45, 2.75) is 32.5 Å². The lowest BCUT2D eigenvalue weighted by Gasteiger charge is -2.45. The highest BCUT2D eigenvalue weighted by Gasteiger charge is 2.34. The fourth-order valence-electron chi connectivity index (χ4n) is 8.12. The van der Waals surface area contributed by atoms with Crippen molar-refractivity contribution < 1.29 is 37.5 Å². The maximum atomic E-state index is 13.6. The molecule has 4 aromatic carbocycles. The van der Waals surface area contributed by atoms with Crippen LogP contribution in [-0.4, -0.2) is 40.9 Å². The van der Waals surface area contributed by atoms with Gasteiger partial charge in [0.05, 0.1) is 28.6 Å². The number of carboxylic acid groups (broad SMARTS) is 2. The van der Waals surface area contributed by atoms with E-state index in [0.717, 1.165) is 22.5 Å². The van der Waals surface area contributed by atoms with Gasteiger partial charge >= 0.3 is 23.2 Å². The molecule has 4 aromatic heterocycles. The fraction of sp³-hybridized carbons (Fsp3) is 0.163. The standard InChI is InChI=1S/C43H30Cl2N4O10/c1-43(2,42(54)55)47-39-33(35-37(59-39)26-14-24(45)6-10-30(26)57-41(35)53)20-4-8-28-22(12-20)17-49-18-48(28)16-21-11-19(3-7-27(21)49)32-34-36(58-38(32)46-15-31(50)51)25-13-23(44)5-9-29(25)56-40(34)52/h3-14,46-47H,15-18H2,1-2H3,(H,50,51)(H,54,55). The minimum Gasteiger partial charge on any atom is -0.480 e. The van der Waals surface area contributed by atoms with Crippen molar-refractivity contribution in [1.29, 1.82) is 0 Å². The summed E-state index contributed by atoms with van der Waals surface area (Å²) >= 11 is 12.6. The molecule has 0 unspecified atom stereocenters. The SMILES string of the molecule is CC(C)(Nc1oc2c(c1-c1ccc3c(c1)CN1CN3Cc3cc(-c4c(NCC(=O)O)oc5c4c(=O)oc4ccc(Cl)cc45)ccc31)c(=O)oc1ccc(Cl)cc12)C(=O)O. The molecule has 0 saturated heterocycles. The van der Waals surface area contributed by atoms with E-state index in [4.69, 9.17) is 40.9 Å². The highest BCUT2D eigenvalue weighted by Crippen LogP contribution is 2.47. The molecular formula is C43H30Cl2N4O10. The van der Waals surface area contributed by atoms with Crippen LogP contribution in [0.1, 0.15) is 25.0 Å². The number of rotatable bonds is 8. The first kappa shape index (κ1) is 36.4. The van der Waals surface area contributed by atoms with Crippen molar-refractivity contribution in [3.63, 3.8) is 0 Å². The minimum absolute atomic E-state index is 0.0933. The topological polar surface area (TPSA) is 192 Å². The number of carboxylic acids is 2. The van der Waals surface area contributed by atoms with Gasteiger partial charge in [-0.1, -0.05) is 35.3 Å². The lowest BCUT2D eigenvalue weighted by molar-refractivity contribution is -0.141. The molecule has 0 saturated carbocycles. The number of carbonyl (C=O) groups is 2. The second-order valence-electron chi connectivity index (χ2n) is 15.1. The zero-order valence-electron chi connectivity index (χ0n) is 31.1. The van der Waals surface area contributed by atoms with Crippen LogP contribution >= 0.6 is 23.2 Å². The predicted octanol–water partition coefficient (Wildman–Crippen LogP) is 9.10. The second-order valence-corrected chi connectivity index (χ2v) is 16.0. The Bertz CT molecular complexity index is 3270. The summed E-state index contributed by atoms with van der Waals surface area (Å²) in [5.74, 6) is -2.04. The molecule has 0 fully saturated rings. The van der Waals surface area contributed by atoms with Crippen molar-refractivity contribution in [1.82, 2.24) is 0 Å². The van der Waals surface area contributed by atoms with Crippen LogP contribution in [0.25, 0.3) is 66.1 Å². The van der Waals surface area contributed by atoms with E-state index in [2.05, 4.69) is 20.4 Å². The number of halogens is 2. The number of aliphatic carboxylic acids is 2. The van der Waals surface area contributed by atoms with E-state index in [-0.39, 0.29) is 44.9 Å². The van der Waals surface area contributed by atoms with Gasteiger partial charge < -0.3 is 48.3 Å². The Morgan fingerprint density at radius 3 is 1.68 bits per heavy atom. The van der Waals surface area contributed by atoms with Crippen molar-refractivity contribution in [2.24, 2.45) is 0 Å². The van der Waals surface area contributed by atoms with E-state index < -0.39 is 35.3 Å². The predicted molar refractivity (Wildman–Crippen MR) is 224 cm³/mol. The Labute approximate surface area is 341 Å². The third-order valence-corrected chi connectivity index (χ3v) is 11.3. The van der Waals surface area contributed by atoms with Crippen molar-refractivity contribution >= 4 is 102 Å². The van der Waals surface area contributed by atoms with E-state index in [1.807, 2.05) is 36.4 Å². The zero-order valence-corrected chi connectivity index (χ0v) is 32.6. The van der Waals surface area contributed by atoms with Gasteiger partial charge in [-0.15, -0.1) is 0 Å². The minimum atomic E-state index is -1.47. The third kappa shape index (κ3) is 5.85. The largest absolute Gasteiger partial charge is 0.480 e. The van der Waals surface area contributed by atoms with Gasteiger partial charge in [0.15, 0.2) is 11.2 Å². The Balaban J connectivity index is 1.07. The van der Waals surface area contributed by atoms with Crippen LogP contribution in [0.5, 0.6) is 0 Å².